The highest BCUT2D eigenvalue weighted by molar-refractivity contribution is 6.04. The first kappa shape index (κ1) is 26.8. The van der Waals surface area contributed by atoms with Crippen LogP contribution in [0.1, 0.15) is 63.6 Å². The van der Waals surface area contributed by atoms with Crippen LogP contribution in [-0.2, 0) is 9.53 Å². The Morgan fingerprint density at radius 1 is 1.00 bits per heavy atom. The van der Waals surface area contributed by atoms with Gasteiger partial charge in [0.1, 0.15) is 0 Å². The van der Waals surface area contributed by atoms with E-state index in [1.54, 1.807) is 30.0 Å². The van der Waals surface area contributed by atoms with E-state index in [9.17, 15) is 14.4 Å². The lowest BCUT2D eigenvalue weighted by Crippen LogP contribution is -2.48. The van der Waals surface area contributed by atoms with Gasteiger partial charge in [-0.1, -0.05) is 69.2 Å². The molecule has 2 aromatic rings. The molecule has 192 valence electrons. The Labute approximate surface area is 213 Å². The van der Waals surface area contributed by atoms with Crippen LogP contribution in [0.5, 0.6) is 0 Å². The van der Waals surface area contributed by atoms with Crippen LogP contribution in [0.3, 0.4) is 0 Å². The molecule has 0 aliphatic carbocycles. The number of hydrogen-bond acceptors (Lipinski definition) is 4. The van der Waals surface area contributed by atoms with Crippen LogP contribution in [0.4, 0.5) is 15.3 Å². The molecule has 0 unspecified atom stereocenters. The average Bonchev–Trinajstić information content (AvgIpc) is 2.88. The second-order valence-corrected chi connectivity index (χ2v) is 8.60. The van der Waals surface area contributed by atoms with E-state index in [2.05, 4.69) is 29.8 Å². The second-order valence-electron chi connectivity index (χ2n) is 8.60. The van der Waals surface area contributed by atoms with Gasteiger partial charge < -0.3 is 20.7 Å². The van der Waals surface area contributed by atoms with Gasteiger partial charge in [-0.05, 0) is 43.0 Å². The molecule has 0 saturated heterocycles. The quantitative estimate of drug-likeness (QED) is 0.287. The second kappa shape index (κ2) is 13.3. The highest BCUT2D eigenvalue weighted by Gasteiger charge is 2.38. The monoisotopic (exact) mass is 492 g/mol. The number of unbranched alkanes of at least 4 members (excludes halogenated alkanes) is 2. The molecule has 1 aliphatic rings. The summed E-state index contributed by atoms with van der Waals surface area (Å²) in [4.78, 5) is 40.6. The Balaban J connectivity index is 2.06. The SMILES string of the molecule is CCCCNC(=O)Nc1cccc([C@@H]2NC(=O)N(CCCC)C(c3ccccc3)=C2C(=O)OCC)c1. The first-order chi connectivity index (χ1) is 17.5. The molecule has 0 fully saturated rings. The van der Waals surface area contributed by atoms with Crippen molar-refractivity contribution in [1.29, 1.82) is 0 Å². The normalized spacial score (nSPS) is 15.4. The van der Waals surface area contributed by atoms with Crippen molar-refractivity contribution in [3.05, 3.63) is 71.3 Å². The lowest BCUT2D eigenvalue weighted by molar-refractivity contribution is -0.138. The highest BCUT2D eigenvalue weighted by atomic mass is 16.5. The number of hydrogen-bond donors (Lipinski definition) is 3. The molecule has 0 spiro atoms. The molecule has 3 rings (SSSR count). The number of esters is 1. The molecule has 1 heterocycles. The van der Waals surface area contributed by atoms with E-state index < -0.39 is 12.0 Å². The Kier molecular flexibility index (Phi) is 9.92. The Morgan fingerprint density at radius 2 is 1.75 bits per heavy atom. The topological polar surface area (TPSA) is 99.8 Å². The molecule has 36 heavy (non-hydrogen) atoms. The van der Waals surface area contributed by atoms with Gasteiger partial charge in [-0.15, -0.1) is 0 Å². The number of nitrogens with one attached hydrogen (secondary N) is 3. The maximum Gasteiger partial charge on any atom is 0.338 e. The molecule has 8 heteroatoms. The first-order valence-corrected chi connectivity index (χ1v) is 12.7. The molecule has 1 aliphatic heterocycles. The van der Waals surface area contributed by atoms with Crippen molar-refractivity contribution in [2.45, 2.75) is 52.5 Å². The van der Waals surface area contributed by atoms with Gasteiger partial charge in [0.05, 0.1) is 23.9 Å². The lowest BCUT2D eigenvalue weighted by atomic mass is 9.91. The van der Waals surface area contributed by atoms with Crippen molar-refractivity contribution in [3.8, 4) is 0 Å². The third kappa shape index (κ3) is 6.65. The van der Waals surface area contributed by atoms with E-state index in [-0.39, 0.29) is 18.7 Å². The molecule has 0 bridgehead atoms. The number of urea groups is 2. The third-order valence-electron chi connectivity index (χ3n) is 5.90. The predicted molar refractivity (Wildman–Crippen MR) is 141 cm³/mol. The van der Waals surface area contributed by atoms with Gasteiger partial charge in [-0.3, -0.25) is 4.90 Å². The summed E-state index contributed by atoms with van der Waals surface area (Å²) in [5.74, 6) is -0.487. The fraction of sp³-hybridized carbons (Fsp3) is 0.393. The fourth-order valence-electron chi connectivity index (χ4n) is 4.12. The van der Waals surface area contributed by atoms with Gasteiger partial charge in [-0.2, -0.15) is 0 Å². The Morgan fingerprint density at radius 3 is 2.44 bits per heavy atom. The van der Waals surface area contributed by atoms with Crippen LogP contribution in [-0.4, -0.2) is 42.6 Å². The Hall–Kier alpha value is -3.81. The standard InChI is InChI=1S/C28H36N4O4/c1-4-7-17-29-27(34)30-22-16-12-15-21(19-22)24-23(26(33)36-6-3)25(20-13-10-9-11-14-20)32(18-8-5-2)28(35)31-24/h9-16,19,24H,4-8,17-18H2,1-3H3,(H,31,35)(H2,29,30,34)/t24-/m0/s1. The highest BCUT2D eigenvalue weighted by Crippen LogP contribution is 2.37. The molecular formula is C28H36N4O4. The largest absolute Gasteiger partial charge is 0.463 e. The molecule has 0 aromatic heterocycles. The molecule has 4 amide bonds. The van der Waals surface area contributed by atoms with E-state index in [1.165, 1.54) is 0 Å². The van der Waals surface area contributed by atoms with Crippen LogP contribution < -0.4 is 16.0 Å². The molecule has 0 radical (unpaired) electrons. The van der Waals surface area contributed by atoms with E-state index in [0.717, 1.165) is 31.2 Å². The van der Waals surface area contributed by atoms with Crippen LogP contribution in [0.25, 0.3) is 5.70 Å². The first-order valence-electron chi connectivity index (χ1n) is 12.7. The summed E-state index contributed by atoms with van der Waals surface area (Å²) in [6.07, 6.45) is 3.57. The summed E-state index contributed by atoms with van der Waals surface area (Å²) in [5.41, 5.74) is 2.91. The van der Waals surface area contributed by atoms with Gasteiger partial charge >= 0.3 is 18.0 Å². The fourth-order valence-corrected chi connectivity index (χ4v) is 4.12. The van der Waals surface area contributed by atoms with Gasteiger partial charge in [0, 0.05) is 18.8 Å². The van der Waals surface area contributed by atoms with E-state index in [0.29, 0.717) is 35.6 Å². The lowest BCUT2D eigenvalue weighted by Gasteiger charge is -2.37. The van der Waals surface area contributed by atoms with Crippen molar-refractivity contribution < 1.29 is 19.1 Å². The van der Waals surface area contributed by atoms with Crippen LogP contribution in [0, 0.1) is 0 Å². The Bertz CT molecular complexity index is 1080. The molecule has 2 aromatic carbocycles. The van der Waals surface area contributed by atoms with Gasteiger partial charge in [0.15, 0.2) is 0 Å². The molecule has 0 saturated carbocycles. The smallest absolute Gasteiger partial charge is 0.338 e. The number of nitrogens with zero attached hydrogens (tertiary/aromatic N) is 1. The third-order valence-corrected chi connectivity index (χ3v) is 5.90. The molecule has 1 atom stereocenters. The zero-order valence-corrected chi connectivity index (χ0v) is 21.3. The summed E-state index contributed by atoms with van der Waals surface area (Å²) in [5, 5.41) is 8.66. The molecular weight excluding hydrogens is 456 g/mol. The van der Waals surface area contributed by atoms with Crippen LogP contribution in [0.15, 0.2) is 60.2 Å². The van der Waals surface area contributed by atoms with Crippen LogP contribution >= 0.6 is 0 Å². The molecule has 3 N–H and O–H groups in total. The minimum Gasteiger partial charge on any atom is -0.463 e. The summed E-state index contributed by atoms with van der Waals surface area (Å²) in [7, 11) is 0. The summed E-state index contributed by atoms with van der Waals surface area (Å²) < 4.78 is 5.47. The summed E-state index contributed by atoms with van der Waals surface area (Å²) in [6.45, 7) is 7.14. The number of anilines is 1. The molecule has 8 nitrogen and oxygen atoms in total. The van der Waals surface area contributed by atoms with E-state index in [4.69, 9.17) is 4.74 Å². The van der Waals surface area contributed by atoms with Gasteiger partial charge in [-0.25, -0.2) is 14.4 Å². The van der Waals surface area contributed by atoms with E-state index >= 15 is 0 Å². The van der Waals surface area contributed by atoms with Gasteiger partial charge in [0.25, 0.3) is 0 Å². The number of amides is 4. The minimum absolute atomic E-state index is 0.208. The maximum absolute atomic E-state index is 13.4. The number of ether oxygens (including phenoxy) is 1. The van der Waals surface area contributed by atoms with Crippen molar-refractivity contribution in [2.24, 2.45) is 0 Å². The summed E-state index contributed by atoms with van der Waals surface area (Å²) >= 11 is 0. The van der Waals surface area contributed by atoms with Crippen molar-refractivity contribution in [1.82, 2.24) is 15.5 Å². The zero-order chi connectivity index (χ0) is 25.9. The summed E-state index contributed by atoms with van der Waals surface area (Å²) in [6, 6.07) is 15.3. The number of carbonyl (C=O) groups is 3. The van der Waals surface area contributed by atoms with E-state index in [1.807, 2.05) is 36.4 Å². The maximum atomic E-state index is 13.4. The van der Waals surface area contributed by atoms with Crippen molar-refractivity contribution in [3.63, 3.8) is 0 Å². The van der Waals surface area contributed by atoms with Crippen molar-refractivity contribution in [2.75, 3.05) is 25.0 Å². The predicted octanol–water partition coefficient (Wildman–Crippen LogP) is 5.45. The van der Waals surface area contributed by atoms with Gasteiger partial charge in [0.2, 0.25) is 0 Å². The number of carbonyl (C=O) groups excluding carboxylic acids is 3. The minimum atomic E-state index is -0.741. The number of rotatable bonds is 11. The van der Waals surface area contributed by atoms with Crippen LogP contribution in [0.2, 0.25) is 0 Å². The average molecular weight is 493 g/mol. The number of benzene rings is 2. The zero-order valence-electron chi connectivity index (χ0n) is 21.3. The van der Waals surface area contributed by atoms with Crippen molar-refractivity contribution >= 4 is 29.4 Å².